The molecule has 1 unspecified atom stereocenters. The fraction of sp³-hybridized carbons (Fsp3) is 0.375. The minimum Gasteiger partial charge on any atom is -0.483 e. The minimum absolute atomic E-state index is 0.0277. The summed E-state index contributed by atoms with van der Waals surface area (Å²) >= 11 is 0. The molecule has 4 rings (SSSR count). The number of nitrogens with one attached hydrogen (secondary N) is 2. The van der Waals surface area contributed by atoms with Crippen LogP contribution < -0.4 is 5.32 Å². The molecule has 1 saturated heterocycles. The lowest BCUT2D eigenvalue weighted by molar-refractivity contribution is -0.123. The van der Waals surface area contributed by atoms with Crippen LogP contribution in [0.15, 0.2) is 47.4 Å². The molecule has 0 radical (unpaired) electrons. The first-order valence-corrected chi connectivity index (χ1v) is 11.1. The molecule has 1 atom stereocenters. The highest BCUT2D eigenvalue weighted by molar-refractivity contribution is 5.94. The van der Waals surface area contributed by atoms with Crippen LogP contribution in [-0.2, 0) is 29.0 Å². The minimum atomic E-state index is -0.250. The monoisotopic (exact) mass is 485 g/mol. The zero-order valence-electron chi connectivity index (χ0n) is 19.6. The molecule has 1 aliphatic rings. The van der Waals surface area contributed by atoms with E-state index in [1.807, 2.05) is 31.2 Å². The summed E-state index contributed by atoms with van der Waals surface area (Å²) in [5, 5.41) is 20.7. The molecule has 0 saturated carbocycles. The van der Waals surface area contributed by atoms with Crippen LogP contribution in [0.4, 0.5) is 0 Å². The average molecular weight is 486 g/mol. The van der Waals surface area contributed by atoms with Gasteiger partial charge in [0, 0.05) is 43.0 Å². The van der Waals surface area contributed by atoms with E-state index < -0.39 is 0 Å². The van der Waals surface area contributed by atoms with E-state index in [0.717, 1.165) is 61.6 Å². The van der Waals surface area contributed by atoms with Gasteiger partial charge in [0.15, 0.2) is 5.76 Å². The SMILES string of the molecule is Cc1cc(CN2CCC(Cc3cccc(C(=O)NCCc4cnc[nH]4)c3)C2)on1.O=CO.O=CO. The lowest BCUT2D eigenvalue weighted by Crippen LogP contribution is -2.26. The van der Waals surface area contributed by atoms with Gasteiger partial charge in [0.2, 0.25) is 0 Å². The van der Waals surface area contributed by atoms with E-state index in [0.29, 0.717) is 12.5 Å². The number of carbonyl (C=O) groups is 3. The highest BCUT2D eigenvalue weighted by Gasteiger charge is 2.24. The van der Waals surface area contributed by atoms with Crippen LogP contribution in [0, 0.1) is 12.8 Å². The number of H-pyrrole nitrogens is 1. The van der Waals surface area contributed by atoms with E-state index >= 15 is 0 Å². The maximum absolute atomic E-state index is 12.5. The number of aryl methyl sites for hydroxylation is 1. The van der Waals surface area contributed by atoms with Crippen molar-refractivity contribution in [2.75, 3.05) is 19.6 Å². The molecule has 4 N–H and O–H groups in total. The van der Waals surface area contributed by atoms with Crippen LogP contribution in [0.2, 0.25) is 0 Å². The van der Waals surface area contributed by atoms with Gasteiger partial charge in [-0.2, -0.15) is 0 Å². The largest absolute Gasteiger partial charge is 0.483 e. The molecule has 35 heavy (non-hydrogen) atoms. The zero-order chi connectivity index (χ0) is 25.5. The van der Waals surface area contributed by atoms with Crippen molar-refractivity contribution in [2.24, 2.45) is 5.92 Å². The van der Waals surface area contributed by atoms with Gasteiger partial charge in [-0.05, 0) is 49.9 Å². The van der Waals surface area contributed by atoms with Gasteiger partial charge < -0.3 is 25.0 Å². The molecule has 3 aromatic rings. The normalized spacial score (nSPS) is 14.7. The van der Waals surface area contributed by atoms with Crippen LogP contribution in [-0.4, -0.2) is 68.7 Å². The molecule has 11 nitrogen and oxygen atoms in total. The summed E-state index contributed by atoms with van der Waals surface area (Å²) in [6.45, 7) is 4.96. The Bertz CT molecular complexity index is 1030. The Morgan fingerprint density at radius 2 is 2.06 bits per heavy atom. The number of amides is 1. The molecule has 0 aliphatic carbocycles. The molecule has 0 bridgehead atoms. The first-order chi connectivity index (χ1) is 17.0. The number of nitrogens with zero attached hydrogens (tertiary/aromatic N) is 3. The van der Waals surface area contributed by atoms with E-state index in [2.05, 4.69) is 31.4 Å². The Hall–Kier alpha value is -3.99. The van der Waals surface area contributed by atoms with Crippen molar-refractivity contribution in [3.63, 3.8) is 0 Å². The Labute approximate surface area is 203 Å². The quantitative estimate of drug-likeness (QED) is 0.350. The average Bonchev–Trinajstić information content (AvgIpc) is 3.59. The van der Waals surface area contributed by atoms with Gasteiger partial charge in [-0.1, -0.05) is 17.3 Å². The lowest BCUT2D eigenvalue weighted by Gasteiger charge is -2.14. The molecular formula is C24H31N5O6. The number of carboxylic acid groups (broad SMARTS) is 2. The fourth-order valence-corrected chi connectivity index (χ4v) is 3.94. The van der Waals surface area contributed by atoms with Gasteiger partial charge in [0.05, 0.1) is 18.6 Å². The van der Waals surface area contributed by atoms with Gasteiger partial charge in [-0.15, -0.1) is 0 Å². The smallest absolute Gasteiger partial charge is 0.290 e. The van der Waals surface area contributed by atoms with Gasteiger partial charge in [-0.3, -0.25) is 19.3 Å². The summed E-state index contributed by atoms with van der Waals surface area (Å²) in [6.07, 6.45) is 6.32. The van der Waals surface area contributed by atoms with Crippen molar-refractivity contribution < 1.29 is 29.1 Å². The summed E-state index contributed by atoms with van der Waals surface area (Å²) in [7, 11) is 0. The van der Waals surface area contributed by atoms with Crippen molar-refractivity contribution in [1.82, 2.24) is 25.3 Å². The molecule has 1 aromatic carbocycles. The predicted molar refractivity (Wildman–Crippen MR) is 127 cm³/mol. The molecule has 3 heterocycles. The number of aromatic nitrogens is 3. The summed E-state index contributed by atoms with van der Waals surface area (Å²) in [5.41, 5.74) is 3.88. The number of carbonyl (C=O) groups excluding carboxylic acids is 1. The molecule has 1 aliphatic heterocycles. The van der Waals surface area contributed by atoms with Gasteiger partial charge >= 0.3 is 0 Å². The Morgan fingerprint density at radius 3 is 2.71 bits per heavy atom. The summed E-state index contributed by atoms with van der Waals surface area (Å²) in [6, 6.07) is 9.99. The van der Waals surface area contributed by atoms with Gasteiger partial charge in [0.25, 0.3) is 18.9 Å². The van der Waals surface area contributed by atoms with E-state index in [1.54, 1.807) is 12.5 Å². The summed E-state index contributed by atoms with van der Waals surface area (Å²) in [4.78, 5) is 38.6. The standard InChI is InChI=1S/C22H27N5O2.2CH2O2/c1-16-9-21(29-26-16)14-27-8-6-18(13-27)10-17-3-2-4-19(11-17)22(28)24-7-5-20-12-23-15-25-20;2*2-1-3/h2-4,9,11-12,15,18H,5-8,10,13-14H2,1H3,(H,23,25)(H,24,28);2*1H,(H,2,3). The highest BCUT2D eigenvalue weighted by atomic mass is 16.5. The second kappa shape index (κ2) is 15.0. The number of benzene rings is 1. The van der Waals surface area contributed by atoms with Crippen LogP contribution in [0.1, 0.15) is 39.5 Å². The third kappa shape index (κ3) is 9.80. The number of hydrogen-bond acceptors (Lipinski definition) is 7. The molecular weight excluding hydrogens is 454 g/mol. The van der Waals surface area contributed by atoms with E-state index in [1.165, 1.54) is 5.56 Å². The third-order valence-corrected chi connectivity index (χ3v) is 5.37. The van der Waals surface area contributed by atoms with E-state index in [4.69, 9.17) is 24.3 Å². The molecule has 0 spiro atoms. The van der Waals surface area contributed by atoms with Crippen molar-refractivity contribution in [2.45, 2.75) is 32.7 Å². The molecule has 2 aromatic heterocycles. The molecule has 1 amide bonds. The van der Waals surface area contributed by atoms with E-state index in [-0.39, 0.29) is 18.9 Å². The Kier molecular flexibility index (Phi) is 11.7. The number of hydrogen-bond donors (Lipinski definition) is 4. The van der Waals surface area contributed by atoms with E-state index in [9.17, 15) is 4.79 Å². The molecule has 1 fully saturated rings. The molecule has 11 heteroatoms. The van der Waals surface area contributed by atoms with Crippen molar-refractivity contribution in [3.05, 3.63) is 71.1 Å². The fourth-order valence-electron chi connectivity index (χ4n) is 3.94. The van der Waals surface area contributed by atoms with Crippen LogP contribution in [0.3, 0.4) is 0 Å². The van der Waals surface area contributed by atoms with Crippen LogP contribution >= 0.6 is 0 Å². The first kappa shape index (κ1) is 27.3. The molecule has 188 valence electrons. The number of imidazole rings is 1. The predicted octanol–water partition coefficient (Wildman–Crippen LogP) is 2.14. The maximum atomic E-state index is 12.5. The highest BCUT2D eigenvalue weighted by Crippen LogP contribution is 2.23. The second-order valence-corrected chi connectivity index (χ2v) is 8.02. The maximum Gasteiger partial charge on any atom is 0.290 e. The number of aromatic amines is 1. The van der Waals surface area contributed by atoms with Gasteiger partial charge in [0.1, 0.15) is 0 Å². The Balaban J connectivity index is 0.000000655. The van der Waals surface area contributed by atoms with Crippen molar-refractivity contribution in [1.29, 1.82) is 0 Å². The van der Waals surface area contributed by atoms with Crippen molar-refractivity contribution >= 4 is 18.9 Å². The lowest BCUT2D eigenvalue weighted by atomic mass is 9.97. The zero-order valence-corrected chi connectivity index (χ0v) is 19.6. The first-order valence-electron chi connectivity index (χ1n) is 11.1. The second-order valence-electron chi connectivity index (χ2n) is 8.02. The number of likely N-dealkylation sites (tertiary alicyclic amines) is 1. The Morgan fingerprint density at radius 1 is 1.29 bits per heavy atom. The third-order valence-electron chi connectivity index (χ3n) is 5.37. The summed E-state index contributed by atoms with van der Waals surface area (Å²) in [5.74, 6) is 1.50. The van der Waals surface area contributed by atoms with Crippen LogP contribution in [0.5, 0.6) is 0 Å². The van der Waals surface area contributed by atoms with Gasteiger partial charge in [-0.25, -0.2) is 4.98 Å². The number of rotatable bonds is 8. The topological polar surface area (TPSA) is 162 Å². The summed E-state index contributed by atoms with van der Waals surface area (Å²) < 4.78 is 5.34. The van der Waals surface area contributed by atoms with Crippen molar-refractivity contribution in [3.8, 4) is 0 Å². The van der Waals surface area contributed by atoms with Crippen LogP contribution in [0.25, 0.3) is 0 Å².